The van der Waals surface area contributed by atoms with Crippen molar-refractivity contribution in [3.8, 4) is 0 Å². The molecular weight excluding hydrogens is 400 g/mol. The highest BCUT2D eigenvalue weighted by atomic mass is 35.5. The summed E-state index contributed by atoms with van der Waals surface area (Å²) < 4.78 is 38.3. The van der Waals surface area contributed by atoms with E-state index in [1.54, 1.807) is 18.2 Å². The van der Waals surface area contributed by atoms with Crippen LogP contribution in [0.1, 0.15) is 28.8 Å². The van der Waals surface area contributed by atoms with E-state index in [-0.39, 0.29) is 11.6 Å². The zero-order chi connectivity index (χ0) is 19.6. The van der Waals surface area contributed by atoms with Crippen molar-refractivity contribution >= 4 is 34.8 Å². The monoisotopic (exact) mass is 416 g/mol. The summed E-state index contributed by atoms with van der Waals surface area (Å²) in [5, 5.41) is 3.98. The largest absolute Gasteiger partial charge is 0.416 e. The zero-order valence-electron chi connectivity index (χ0n) is 14.2. The third-order valence-corrected chi connectivity index (χ3v) is 5.22. The van der Waals surface area contributed by atoms with E-state index in [0.717, 1.165) is 31.5 Å². The van der Waals surface area contributed by atoms with Gasteiger partial charge in [0, 0.05) is 23.8 Å². The molecule has 0 aromatic heterocycles. The Bertz CT molecular complexity index is 819. The van der Waals surface area contributed by atoms with Crippen LogP contribution in [0, 0.1) is 0 Å². The predicted molar refractivity (Wildman–Crippen MR) is 101 cm³/mol. The lowest BCUT2D eigenvalue weighted by Gasteiger charge is -2.26. The number of nitrogens with zero attached hydrogens (tertiary/aromatic N) is 1. The number of carbonyl (C=O) groups is 1. The van der Waals surface area contributed by atoms with E-state index in [1.165, 1.54) is 17.0 Å². The van der Waals surface area contributed by atoms with Crippen molar-refractivity contribution in [2.75, 3.05) is 18.0 Å². The molecule has 1 amide bonds. The minimum Gasteiger partial charge on any atom is -0.312 e. The quantitative estimate of drug-likeness (QED) is 0.722. The first kappa shape index (κ1) is 20.0. The first-order valence-electron chi connectivity index (χ1n) is 8.43. The van der Waals surface area contributed by atoms with Crippen molar-refractivity contribution in [3.63, 3.8) is 0 Å². The van der Waals surface area contributed by atoms with Gasteiger partial charge in [0.1, 0.15) is 0 Å². The molecule has 3 nitrogen and oxygen atoms in total. The number of halogens is 5. The van der Waals surface area contributed by atoms with Crippen molar-refractivity contribution in [1.29, 1.82) is 0 Å². The second kappa shape index (κ2) is 8.09. The van der Waals surface area contributed by atoms with E-state index in [4.69, 9.17) is 23.2 Å². The molecule has 0 radical (unpaired) electrons. The molecule has 0 spiro atoms. The van der Waals surface area contributed by atoms with E-state index in [9.17, 15) is 18.0 Å². The summed E-state index contributed by atoms with van der Waals surface area (Å²) in [6.45, 7) is 1.26. The van der Waals surface area contributed by atoms with Crippen LogP contribution in [0.2, 0.25) is 10.0 Å². The van der Waals surface area contributed by atoms with E-state index in [1.807, 2.05) is 0 Å². The Kier molecular flexibility index (Phi) is 5.99. The molecule has 0 aliphatic carbocycles. The molecule has 1 heterocycles. The summed E-state index contributed by atoms with van der Waals surface area (Å²) in [4.78, 5) is 14.6. The summed E-state index contributed by atoms with van der Waals surface area (Å²) in [7, 11) is 0. The molecule has 0 bridgehead atoms. The normalized spacial score (nSPS) is 17.1. The number of anilines is 1. The van der Waals surface area contributed by atoms with Crippen LogP contribution in [0.4, 0.5) is 18.9 Å². The van der Waals surface area contributed by atoms with Gasteiger partial charge in [0.05, 0.1) is 15.6 Å². The van der Waals surface area contributed by atoms with Gasteiger partial charge in [-0.15, -0.1) is 0 Å². The Hall–Kier alpha value is -1.76. The molecule has 0 saturated carbocycles. The molecule has 3 rings (SSSR count). The molecule has 144 valence electrons. The van der Waals surface area contributed by atoms with Crippen molar-refractivity contribution in [1.82, 2.24) is 5.32 Å². The topological polar surface area (TPSA) is 32.3 Å². The smallest absolute Gasteiger partial charge is 0.312 e. The number of carbonyl (C=O) groups excluding carboxylic acids is 1. The average molecular weight is 417 g/mol. The van der Waals surface area contributed by atoms with E-state index >= 15 is 0 Å². The molecule has 1 fully saturated rings. The van der Waals surface area contributed by atoms with E-state index < -0.39 is 17.6 Å². The first-order chi connectivity index (χ1) is 12.8. The van der Waals surface area contributed by atoms with Crippen molar-refractivity contribution in [3.05, 3.63) is 63.6 Å². The lowest BCUT2D eigenvalue weighted by atomic mass is 10.1. The van der Waals surface area contributed by atoms with Crippen molar-refractivity contribution < 1.29 is 18.0 Å². The second-order valence-electron chi connectivity index (χ2n) is 6.38. The number of nitrogens with one attached hydrogen (secondary N) is 1. The minimum atomic E-state index is -4.45. The van der Waals surface area contributed by atoms with Gasteiger partial charge in [-0.05, 0) is 61.9 Å². The fourth-order valence-corrected chi connectivity index (χ4v) is 3.34. The van der Waals surface area contributed by atoms with Gasteiger partial charge in [0.2, 0.25) is 0 Å². The zero-order valence-corrected chi connectivity index (χ0v) is 15.7. The second-order valence-corrected chi connectivity index (χ2v) is 7.20. The molecule has 0 unspecified atom stereocenters. The van der Waals surface area contributed by atoms with Gasteiger partial charge >= 0.3 is 6.18 Å². The molecule has 1 aliphatic rings. The third-order valence-electron chi connectivity index (χ3n) is 4.48. The summed E-state index contributed by atoms with van der Waals surface area (Å²) in [6.07, 6.45) is -2.52. The van der Waals surface area contributed by atoms with E-state index in [2.05, 4.69) is 5.32 Å². The Morgan fingerprint density at radius 2 is 1.81 bits per heavy atom. The van der Waals surface area contributed by atoms with Crippen LogP contribution < -0.4 is 10.2 Å². The lowest BCUT2D eigenvalue weighted by Crippen LogP contribution is -2.41. The summed E-state index contributed by atoms with van der Waals surface area (Å²) in [5.74, 6) is -0.393. The molecule has 2 aromatic carbocycles. The SMILES string of the molecule is O=C(c1ccc(C(F)(F)F)cc1)N(C[C@@H]1CCCN1)c1ccc(Cl)c(Cl)c1. The Balaban J connectivity index is 1.91. The van der Waals surface area contributed by atoms with Crippen LogP contribution in [0.3, 0.4) is 0 Å². The summed E-state index contributed by atoms with van der Waals surface area (Å²) in [6, 6.07) is 9.16. The van der Waals surface area contributed by atoms with Crippen LogP contribution in [-0.2, 0) is 6.18 Å². The van der Waals surface area contributed by atoms with Crippen LogP contribution in [0.25, 0.3) is 0 Å². The van der Waals surface area contributed by atoms with Crippen LogP contribution in [0.15, 0.2) is 42.5 Å². The minimum absolute atomic E-state index is 0.109. The fraction of sp³-hybridized carbons (Fsp3) is 0.316. The fourth-order valence-electron chi connectivity index (χ4n) is 3.05. The molecule has 2 aromatic rings. The van der Waals surface area contributed by atoms with Gasteiger partial charge in [-0.1, -0.05) is 23.2 Å². The molecule has 8 heteroatoms. The highest BCUT2D eigenvalue weighted by molar-refractivity contribution is 6.42. The number of benzene rings is 2. The number of hydrogen-bond acceptors (Lipinski definition) is 2. The van der Waals surface area contributed by atoms with Gasteiger partial charge in [0.15, 0.2) is 0 Å². The molecule has 1 N–H and O–H groups in total. The summed E-state index contributed by atoms with van der Waals surface area (Å²) >= 11 is 12.0. The Morgan fingerprint density at radius 1 is 1.11 bits per heavy atom. The molecule has 27 heavy (non-hydrogen) atoms. The van der Waals surface area contributed by atoms with Crippen molar-refractivity contribution in [2.45, 2.75) is 25.1 Å². The van der Waals surface area contributed by atoms with Crippen LogP contribution in [0.5, 0.6) is 0 Å². The van der Waals surface area contributed by atoms with Crippen molar-refractivity contribution in [2.24, 2.45) is 0 Å². The molecule has 1 atom stereocenters. The predicted octanol–water partition coefficient (Wildman–Crippen LogP) is 5.41. The van der Waals surface area contributed by atoms with Gasteiger partial charge in [-0.25, -0.2) is 0 Å². The van der Waals surface area contributed by atoms with Crippen LogP contribution in [-0.4, -0.2) is 25.0 Å². The Labute approximate surface area is 165 Å². The third kappa shape index (κ3) is 4.75. The van der Waals surface area contributed by atoms with Gasteiger partial charge < -0.3 is 10.2 Å². The summed E-state index contributed by atoms with van der Waals surface area (Å²) in [5.41, 5.74) is -0.0762. The van der Waals surface area contributed by atoms with Crippen LogP contribution >= 0.6 is 23.2 Å². The first-order valence-corrected chi connectivity index (χ1v) is 9.19. The molecule has 1 aliphatic heterocycles. The number of amides is 1. The standard InChI is InChI=1S/C19H17Cl2F3N2O/c20-16-8-7-15(10-17(16)21)26(11-14-2-1-9-25-14)18(27)12-3-5-13(6-4-12)19(22,23)24/h3-8,10,14,25H,1-2,9,11H2/t14-/m0/s1. The van der Waals surface area contributed by atoms with Gasteiger partial charge in [-0.2, -0.15) is 13.2 Å². The maximum absolute atomic E-state index is 13.0. The average Bonchev–Trinajstić information content (AvgIpc) is 3.14. The number of hydrogen-bond donors (Lipinski definition) is 1. The lowest BCUT2D eigenvalue weighted by molar-refractivity contribution is -0.137. The maximum atomic E-state index is 13.0. The number of alkyl halides is 3. The molecular formula is C19H17Cl2F3N2O. The Morgan fingerprint density at radius 3 is 2.37 bits per heavy atom. The van der Waals surface area contributed by atoms with Gasteiger partial charge in [-0.3, -0.25) is 4.79 Å². The maximum Gasteiger partial charge on any atom is 0.416 e. The highest BCUT2D eigenvalue weighted by Crippen LogP contribution is 2.31. The highest BCUT2D eigenvalue weighted by Gasteiger charge is 2.31. The van der Waals surface area contributed by atoms with E-state index in [0.29, 0.717) is 22.3 Å². The number of rotatable bonds is 4. The molecule has 1 saturated heterocycles. The van der Waals surface area contributed by atoms with Gasteiger partial charge in [0.25, 0.3) is 5.91 Å².